The van der Waals surface area contributed by atoms with Crippen molar-refractivity contribution >= 4 is 33.0 Å². The van der Waals surface area contributed by atoms with Gasteiger partial charge in [0.1, 0.15) is 0 Å². The fourth-order valence-corrected chi connectivity index (χ4v) is 8.56. The van der Waals surface area contributed by atoms with Crippen molar-refractivity contribution in [2.75, 3.05) is 0 Å². The normalized spacial score (nSPS) is 16.0. The molecular formula is C54H39F3N4. The molecule has 0 spiro atoms. The van der Waals surface area contributed by atoms with Crippen molar-refractivity contribution in [3.8, 4) is 51.0 Å². The molecule has 2 aliphatic carbocycles. The van der Waals surface area contributed by atoms with Gasteiger partial charge in [0, 0.05) is 27.5 Å². The number of hydrogen-bond donors (Lipinski definition) is 0. The van der Waals surface area contributed by atoms with Crippen LogP contribution in [0.1, 0.15) is 32.3 Å². The van der Waals surface area contributed by atoms with Crippen molar-refractivity contribution in [3.05, 3.63) is 203 Å². The van der Waals surface area contributed by atoms with Crippen molar-refractivity contribution in [2.45, 2.75) is 32.9 Å². The number of halogens is 3. The van der Waals surface area contributed by atoms with Gasteiger partial charge in [-0.3, -0.25) is 0 Å². The van der Waals surface area contributed by atoms with Gasteiger partial charge in [-0.15, -0.1) is 0 Å². The molecule has 6 aromatic carbocycles. The standard InChI is InChI=1S/C54H39F3N4/c1-34-13-11-19-38(29-34)40-23-26-44-45-27-24-41(39-20-12-14-35(2)30-39)32-49(45)61(48(44)31-40)50-33-42(43-21-9-10-22-47(43)54(55,56)57)25-28-46(50)53-59-51(36-15-5-3-6-16-36)58-52(60-53)37-17-7-4-8-18-37/h3-19,21-28,30-33H,20,29H2,1-2H3. The number of allylic oxidation sites excluding steroid dienone is 8. The van der Waals surface area contributed by atoms with Crippen molar-refractivity contribution in [3.63, 3.8) is 0 Å². The first-order valence-electron chi connectivity index (χ1n) is 20.4. The van der Waals surface area contributed by atoms with Crippen LogP contribution in [0.4, 0.5) is 13.2 Å². The molecule has 2 aliphatic rings. The minimum absolute atomic E-state index is 0.0888. The molecule has 0 saturated carbocycles. The lowest BCUT2D eigenvalue weighted by Crippen LogP contribution is -2.10. The van der Waals surface area contributed by atoms with Gasteiger partial charge in [-0.25, -0.2) is 15.0 Å². The fourth-order valence-electron chi connectivity index (χ4n) is 8.56. The van der Waals surface area contributed by atoms with E-state index in [4.69, 9.17) is 15.0 Å². The van der Waals surface area contributed by atoms with Crippen molar-refractivity contribution < 1.29 is 13.2 Å². The van der Waals surface area contributed by atoms with Crippen molar-refractivity contribution in [1.82, 2.24) is 19.5 Å². The molecule has 4 nitrogen and oxygen atoms in total. The van der Waals surface area contributed by atoms with Gasteiger partial charge >= 0.3 is 6.18 Å². The van der Waals surface area contributed by atoms with Gasteiger partial charge in [0.05, 0.1) is 22.3 Å². The first-order valence-corrected chi connectivity index (χ1v) is 20.4. The van der Waals surface area contributed by atoms with E-state index in [9.17, 15) is 13.2 Å². The summed E-state index contributed by atoms with van der Waals surface area (Å²) < 4.78 is 46.4. The second-order valence-corrected chi connectivity index (χ2v) is 15.7. The number of fused-ring (bicyclic) bond motifs is 3. The first-order chi connectivity index (χ1) is 29.7. The molecule has 0 aliphatic heterocycles. The summed E-state index contributed by atoms with van der Waals surface area (Å²) in [5.41, 5.74) is 9.38. The maximum Gasteiger partial charge on any atom is 0.417 e. The Labute approximate surface area is 351 Å². The zero-order valence-electron chi connectivity index (χ0n) is 33.6. The Kier molecular flexibility index (Phi) is 9.52. The Bertz CT molecular complexity index is 3240. The third-order valence-corrected chi connectivity index (χ3v) is 11.5. The summed E-state index contributed by atoms with van der Waals surface area (Å²) in [4.78, 5) is 15.2. The van der Waals surface area contributed by atoms with Crippen LogP contribution in [0.15, 0.2) is 187 Å². The zero-order chi connectivity index (χ0) is 41.7. The van der Waals surface area contributed by atoms with Gasteiger partial charge in [-0.1, -0.05) is 157 Å². The molecule has 10 rings (SSSR count). The van der Waals surface area contributed by atoms with Crippen LogP contribution in [0.25, 0.3) is 83.9 Å². The number of alkyl halides is 3. The predicted molar refractivity (Wildman–Crippen MR) is 242 cm³/mol. The molecule has 8 aromatic rings. The lowest BCUT2D eigenvalue weighted by Gasteiger charge is -2.18. The molecule has 0 atom stereocenters. The van der Waals surface area contributed by atoms with E-state index < -0.39 is 11.7 Å². The molecule has 0 radical (unpaired) electrons. The van der Waals surface area contributed by atoms with E-state index in [1.54, 1.807) is 12.1 Å². The van der Waals surface area contributed by atoms with E-state index in [-0.39, 0.29) is 5.56 Å². The van der Waals surface area contributed by atoms with Crippen LogP contribution in [-0.2, 0) is 6.18 Å². The van der Waals surface area contributed by atoms with Crippen LogP contribution >= 0.6 is 0 Å². The average Bonchev–Trinajstić information content (AvgIpc) is 3.62. The summed E-state index contributed by atoms with van der Waals surface area (Å²) in [6.45, 7) is 4.23. The highest BCUT2D eigenvalue weighted by atomic mass is 19.4. The fraction of sp³-hybridized carbons (Fsp3) is 0.0926. The minimum atomic E-state index is -4.57. The molecule has 61 heavy (non-hydrogen) atoms. The second-order valence-electron chi connectivity index (χ2n) is 15.7. The van der Waals surface area contributed by atoms with E-state index in [0.29, 0.717) is 34.3 Å². The SMILES string of the molecule is CC1=CC(=c2ccc3c4ccc(=C5C=CC=C(C)C5)cc4n(-c4cc(-c5ccccc5C(F)(F)F)ccc4-c4nc(-c5ccccc5)nc(-c5ccccc5)n4)c3c2)CC=C1. The molecule has 2 aromatic heterocycles. The number of hydrogen-bond acceptors (Lipinski definition) is 3. The Morgan fingerprint density at radius 2 is 1.16 bits per heavy atom. The van der Waals surface area contributed by atoms with E-state index in [1.165, 1.54) is 34.4 Å². The maximum atomic E-state index is 14.7. The number of aromatic nitrogens is 4. The average molecular weight is 801 g/mol. The molecule has 2 heterocycles. The number of nitrogens with zero attached hydrogens (tertiary/aromatic N) is 4. The van der Waals surface area contributed by atoms with Crippen LogP contribution in [-0.4, -0.2) is 19.5 Å². The van der Waals surface area contributed by atoms with E-state index in [0.717, 1.165) is 62.3 Å². The molecule has 0 fully saturated rings. The lowest BCUT2D eigenvalue weighted by molar-refractivity contribution is -0.137. The van der Waals surface area contributed by atoms with Gasteiger partial charge in [-0.05, 0) is 89.7 Å². The summed E-state index contributed by atoms with van der Waals surface area (Å²) in [5.74, 6) is 1.37. The highest BCUT2D eigenvalue weighted by Crippen LogP contribution is 2.41. The highest BCUT2D eigenvalue weighted by Gasteiger charge is 2.33. The highest BCUT2D eigenvalue weighted by molar-refractivity contribution is 6.10. The van der Waals surface area contributed by atoms with Crippen LogP contribution in [0.3, 0.4) is 0 Å². The molecule has 296 valence electrons. The van der Waals surface area contributed by atoms with Gasteiger partial charge < -0.3 is 4.57 Å². The summed E-state index contributed by atoms with van der Waals surface area (Å²) in [6.07, 6.45) is 9.93. The van der Waals surface area contributed by atoms with E-state index in [2.05, 4.69) is 91.3 Å². The first kappa shape index (κ1) is 37.9. The Morgan fingerprint density at radius 1 is 0.557 bits per heavy atom. The Morgan fingerprint density at radius 3 is 1.79 bits per heavy atom. The summed E-state index contributed by atoms with van der Waals surface area (Å²) in [5, 5.41) is 4.19. The van der Waals surface area contributed by atoms with Gasteiger partial charge in [-0.2, -0.15) is 13.2 Å². The van der Waals surface area contributed by atoms with Gasteiger partial charge in [0.25, 0.3) is 0 Å². The second kappa shape index (κ2) is 15.3. The summed E-state index contributed by atoms with van der Waals surface area (Å²) >= 11 is 0. The molecule has 0 unspecified atom stereocenters. The summed E-state index contributed by atoms with van der Waals surface area (Å²) in [6, 6.07) is 43.9. The van der Waals surface area contributed by atoms with Gasteiger partial charge in [0.2, 0.25) is 0 Å². The van der Waals surface area contributed by atoms with E-state index in [1.807, 2.05) is 72.8 Å². The predicted octanol–water partition coefficient (Wildman–Crippen LogP) is 12.8. The van der Waals surface area contributed by atoms with E-state index >= 15 is 0 Å². The minimum Gasteiger partial charge on any atom is -0.308 e. The molecule has 0 bridgehead atoms. The molecule has 7 heteroatoms. The lowest BCUT2D eigenvalue weighted by atomic mass is 9.96. The van der Waals surface area contributed by atoms with Crippen molar-refractivity contribution in [1.29, 1.82) is 0 Å². The maximum absolute atomic E-state index is 14.7. The zero-order valence-corrected chi connectivity index (χ0v) is 33.6. The van der Waals surface area contributed by atoms with Crippen molar-refractivity contribution in [2.24, 2.45) is 0 Å². The molecule has 0 amide bonds. The van der Waals surface area contributed by atoms with Crippen LogP contribution in [0, 0.1) is 0 Å². The Hall–Kier alpha value is -7.38. The third kappa shape index (κ3) is 7.22. The smallest absolute Gasteiger partial charge is 0.308 e. The monoisotopic (exact) mass is 800 g/mol. The number of rotatable bonds is 5. The third-order valence-electron chi connectivity index (χ3n) is 11.5. The molecule has 0 N–H and O–H groups in total. The van der Waals surface area contributed by atoms with Crippen LogP contribution < -0.4 is 10.4 Å². The van der Waals surface area contributed by atoms with Crippen LogP contribution in [0.5, 0.6) is 0 Å². The van der Waals surface area contributed by atoms with Crippen LogP contribution in [0.2, 0.25) is 0 Å². The Balaban J connectivity index is 1.34. The largest absolute Gasteiger partial charge is 0.417 e. The summed E-state index contributed by atoms with van der Waals surface area (Å²) in [7, 11) is 0. The number of benzene rings is 6. The molecular weight excluding hydrogens is 762 g/mol. The topological polar surface area (TPSA) is 43.6 Å². The quantitative estimate of drug-likeness (QED) is 0.174. The van der Waals surface area contributed by atoms with Gasteiger partial charge in [0.15, 0.2) is 17.5 Å². The molecule has 0 saturated heterocycles.